The normalized spacial score (nSPS) is 11.5. The van der Waals surface area contributed by atoms with Gasteiger partial charge in [-0.05, 0) is 12.1 Å². The van der Waals surface area contributed by atoms with Crippen molar-refractivity contribution < 1.29 is 14.4 Å². The first kappa shape index (κ1) is 13.1. The first-order valence-electron chi connectivity index (χ1n) is 5.36. The van der Waals surface area contributed by atoms with E-state index in [-0.39, 0.29) is 11.7 Å². The summed E-state index contributed by atoms with van der Waals surface area (Å²) < 4.78 is 5.14. The zero-order chi connectivity index (χ0) is 12.7. The molecule has 6 heteroatoms. The molecule has 0 bridgehead atoms. The lowest BCUT2D eigenvalue weighted by Gasteiger charge is -2.16. The number of amides is 1. The summed E-state index contributed by atoms with van der Waals surface area (Å²) in [5, 5.41) is 11.2. The van der Waals surface area contributed by atoms with Crippen LogP contribution < -0.4 is 5.73 Å². The van der Waals surface area contributed by atoms with Crippen molar-refractivity contribution in [2.75, 3.05) is 13.6 Å². The monoisotopic (exact) mass is 239 g/mol. The third kappa shape index (κ3) is 4.58. The Kier molecular flexibility index (Phi) is 5.06. The fourth-order valence-electron chi connectivity index (χ4n) is 1.33. The molecule has 0 aromatic carbocycles. The third-order valence-electron chi connectivity index (χ3n) is 2.42. The highest BCUT2D eigenvalue weighted by molar-refractivity contribution is 5.81. The summed E-state index contributed by atoms with van der Waals surface area (Å²) in [6, 6.07) is 3.63. The number of furan rings is 1. The number of nitrogens with two attached hydrogens (primary N) is 1. The standard InChI is InChI=1S/C11H17N3O3/c1-14(7-6-10(12)13-16)11(15)5-4-9-3-2-8-17-9/h2-3,8,16H,4-7H2,1H3,(H2,12,13). The van der Waals surface area contributed by atoms with Crippen LogP contribution in [0.2, 0.25) is 0 Å². The van der Waals surface area contributed by atoms with E-state index in [1.165, 1.54) is 0 Å². The number of nitrogens with zero attached hydrogens (tertiary/aromatic N) is 2. The summed E-state index contributed by atoms with van der Waals surface area (Å²) >= 11 is 0. The summed E-state index contributed by atoms with van der Waals surface area (Å²) in [5.74, 6) is 0.922. The van der Waals surface area contributed by atoms with E-state index in [4.69, 9.17) is 15.4 Å². The Hall–Kier alpha value is -1.98. The second-order valence-electron chi connectivity index (χ2n) is 3.74. The number of rotatable bonds is 6. The van der Waals surface area contributed by atoms with Crippen LogP contribution in [0.15, 0.2) is 28.0 Å². The van der Waals surface area contributed by atoms with Gasteiger partial charge in [0, 0.05) is 32.9 Å². The average molecular weight is 239 g/mol. The second kappa shape index (κ2) is 6.57. The molecule has 1 amide bonds. The molecular weight excluding hydrogens is 222 g/mol. The van der Waals surface area contributed by atoms with E-state index in [1.807, 2.05) is 6.07 Å². The van der Waals surface area contributed by atoms with Crippen molar-refractivity contribution >= 4 is 11.7 Å². The summed E-state index contributed by atoms with van der Waals surface area (Å²) in [4.78, 5) is 13.2. The quantitative estimate of drug-likeness (QED) is 0.332. The Labute approximate surface area is 99.7 Å². The maximum Gasteiger partial charge on any atom is 0.222 e. The molecule has 1 heterocycles. The van der Waals surface area contributed by atoms with Crippen LogP contribution in [0, 0.1) is 0 Å². The fraction of sp³-hybridized carbons (Fsp3) is 0.455. The zero-order valence-corrected chi connectivity index (χ0v) is 9.80. The van der Waals surface area contributed by atoms with Crippen LogP contribution in [0.1, 0.15) is 18.6 Å². The molecule has 94 valence electrons. The molecular formula is C11H17N3O3. The lowest BCUT2D eigenvalue weighted by molar-refractivity contribution is -0.129. The highest BCUT2D eigenvalue weighted by Crippen LogP contribution is 2.05. The van der Waals surface area contributed by atoms with Crippen LogP contribution in [-0.4, -0.2) is 35.4 Å². The minimum atomic E-state index is 0.00661. The maximum absolute atomic E-state index is 11.7. The van der Waals surface area contributed by atoms with Crippen molar-refractivity contribution in [1.82, 2.24) is 4.90 Å². The van der Waals surface area contributed by atoms with E-state index in [0.29, 0.717) is 25.8 Å². The molecule has 0 aliphatic heterocycles. The van der Waals surface area contributed by atoms with Crippen molar-refractivity contribution in [3.63, 3.8) is 0 Å². The Balaban J connectivity index is 2.27. The average Bonchev–Trinajstić information content (AvgIpc) is 2.85. The van der Waals surface area contributed by atoms with E-state index < -0.39 is 0 Å². The summed E-state index contributed by atoms with van der Waals surface area (Å²) in [6.07, 6.45) is 2.92. The van der Waals surface area contributed by atoms with E-state index in [1.54, 1.807) is 24.3 Å². The van der Waals surface area contributed by atoms with Crippen molar-refractivity contribution in [3.05, 3.63) is 24.2 Å². The summed E-state index contributed by atoms with van der Waals surface area (Å²) in [6.45, 7) is 0.437. The zero-order valence-electron chi connectivity index (χ0n) is 9.80. The lowest BCUT2D eigenvalue weighted by Crippen LogP contribution is -2.30. The van der Waals surface area contributed by atoms with Crippen LogP contribution in [0.4, 0.5) is 0 Å². The van der Waals surface area contributed by atoms with Gasteiger partial charge in [-0.25, -0.2) is 0 Å². The number of oxime groups is 1. The molecule has 0 aliphatic carbocycles. The van der Waals surface area contributed by atoms with E-state index in [0.717, 1.165) is 5.76 Å². The number of carbonyl (C=O) groups excluding carboxylic acids is 1. The number of hydrogen-bond donors (Lipinski definition) is 2. The fourth-order valence-corrected chi connectivity index (χ4v) is 1.33. The van der Waals surface area contributed by atoms with Crippen molar-refractivity contribution in [2.24, 2.45) is 10.9 Å². The molecule has 1 aromatic heterocycles. The minimum absolute atomic E-state index is 0.00661. The lowest BCUT2D eigenvalue weighted by atomic mass is 10.2. The van der Waals surface area contributed by atoms with E-state index >= 15 is 0 Å². The van der Waals surface area contributed by atoms with Gasteiger partial charge in [-0.1, -0.05) is 5.16 Å². The largest absolute Gasteiger partial charge is 0.469 e. The van der Waals surface area contributed by atoms with Gasteiger partial charge >= 0.3 is 0 Å². The van der Waals surface area contributed by atoms with Crippen molar-refractivity contribution in [1.29, 1.82) is 0 Å². The summed E-state index contributed by atoms with van der Waals surface area (Å²) in [5.41, 5.74) is 5.32. The predicted molar refractivity (Wildman–Crippen MR) is 62.7 cm³/mol. The van der Waals surface area contributed by atoms with Gasteiger partial charge < -0.3 is 20.3 Å². The van der Waals surface area contributed by atoms with E-state index in [9.17, 15) is 4.79 Å². The number of carbonyl (C=O) groups is 1. The maximum atomic E-state index is 11.7. The van der Waals surface area contributed by atoms with Crippen molar-refractivity contribution in [3.8, 4) is 0 Å². The Bertz CT molecular complexity index is 373. The van der Waals surface area contributed by atoms with Crippen LogP contribution in [0.5, 0.6) is 0 Å². The molecule has 0 unspecified atom stereocenters. The highest BCUT2D eigenvalue weighted by Gasteiger charge is 2.10. The van der Waals surface area contributed by atoms with Crippen molar-refractivity contribution in [2.45, 2.75) is 19.3 Å². The predicted octanol–water partition coefficient (Wildman–Crippen LogP) is 0.807. The molecule has 0 saturated heterocycles. The van der Waals surface area contributed by atoms with Gasteiger partial charge in [-0.2, -0.15) is 0 Å². The topological polar surface area (TPSA) is 92.1 Å². The molecule has 0 fully saturated rings. The smallest absolute Gasteiger partial charge is 0.222 e. The van der Waals surface area contributed by atoms with Gasteiger partial charge in [-0.3, -0.25) is 4.79 Å². The number of aryl methyl sites for hydroxylation is 1. The van der Waals surface area contributed by atoms with Gasteiger partial charge in [0.15, 0.2) is 0 Å². The first-order chi connectivity index (χ1) is 8.13. The van der Waals surface area contributed by atoms with Crippen LogP contribution in [0.25, 0.3) is 0 Å². The Morgan fingerprint density at radius 3 is 2.94 bits per heavy atom. The molecule has 0 spiro atoms. The molecule has 17 heavy (non-hydrogen) atoms. The highest BCUT2D eigenvalue weighted by atomic mass is 16.4. The molecule has 0 radical (unpaired) electrons. The second-order valence-corrected chi connectivity index (χ2v) is 3.74. The van der Waals surface area contributed by atoms with E-state index in [2.05, 4.69) is 5.16 Å². The van der Waals surface area contributed by atoms with Gasteiger partial charge in [0.25, 0.3) is 0 Å². The van der Waals surface area contributed by atoms with Gasteiger partial charge in [0.2, 0.25) is 5.91 Å². The Morgan fingerprint density at radius 1 is 1.59 bits per heavy atom. The molecule has 0 saturated carbocycles. The SMILES string of the molecule is CN(CC/C(N)=N/O)C(=O)CCc1ccco1. The molecule has 1 aromatic rings. The molecule has 0 atom stereocenters. The first-order valence-corrected chi connectivity index (χ1v) is 5.36. The Morgan fingerprint density at radius 2 is 2.35 bits per heavy atom. The van der Waals surface area contributed by atoms with Crippen LogP contribution in [0.3, 0.4) is 0 Å². The number of hydrogen-bond acceptors (Lipinski definition) is 4. The molecule has 1 rings (SSSR count). The molecule has 3 N–H and O–H groups in total. The van der Waals surface area contributed by atoms with Crippen LogP contribution in [-0.2, 0) is 11.2 Å². The third-order valence-corrected chi connectivity index (χ3v) is 2.42. The number of amidine groups is 1. The van der Waals surface area contributed by atoms with Crippen LogP contribution >= 0.6 is 0 Å². The summed E-state index contributed by atoms with van der Waals surface area (Å²) in [7, 11) is 1.69. The molecule has 6 nitrogen and oxygen atoms in total. The minimum Gasteiger partial charge on any atom is -0.469 e. The van der Waals surface area contributed by atoms with Gasteiger partial charge in [0.05, 0.1) is 6.26 Å². The molecule has 0 aliphatic rings. The van der Waals surface area contributed by atoms with Gasteiger partial charge in [-0.15, -0.1) is 0 Å². The van der Waals surface area contributed by atoms with Gasteiger partial charge in [0.1, 0.15) is 11.6 Å².